The first-order chi connectivity index (χ1) is 21.5. The van der Waals surface area contributed by atoms with Gasteiger partial charge >= 0.3 is 12.1 Å². The molecule has 0 spiro atoms. The van der Waals surface area contributed by atoms with Crippen molar-refractivity contribution < 1.29 is 35.9 Å². The zero-order valence-electron chi connectivity index (χ0n) is 24.3. The molecule has 2 atom stereocenters. The number of para-hydroxylation sites is 1. The van der Waals surface area contributed by atoms with Crippen LogP contribution in [0.25, 0.3) is 11.1 Å². The standard InChI is InChI=1S/C34H31F3N2O5S/c1-2-44-33(41)27(19-23-9-4-3-5-10-23)22-38-32(40)31-21-26-11-6-7-14-30(26)39(31)45(42,43)29-17-15-24(16-18-29)25-12-8-13-28(20-25)34(35,36)37/h3-18,20,27,31H,2,19,21-22H2,1H3,(H,38,40)/t27?,31-/m0/s1. The maximum atomic E-state index is 14.0. The van der Waals surface area contributed by atoms with Crippen LogP contribution >= 0.6 is 0 Å². The van der Waals surface area contributed by atoms with Crippen LogP contribution in [0, 0.1) is 5.92 Å². The van der Waals surface area contributed by atoms with E-state index in [4.69, 9.17) is 4.74 Å². The van der Waals surface area contributed by atoms with E-state index >= 15 is 0 Å². The number of rotatable bonds is 10. The summed E-state index contributed by atoms with van der Waals surface area (Å²) in [5.41, 5.74) is 1.77. The second-order valence-electron chi connectivity index (χ2n) is 10.6. The van der Waals surface area contributed by atoms with Crippen molar-refractivity contribution in [3.8, 4) is 11.1 Å². The van der Waals surface area contributed by atoms with Crippen LogP contribution in [0.3, 0.4) is 0 Å². The SMILES string of the molecule is CCOC(=O)C(CNC(=O)[C@@H]1Cc2ccccc2N1S(=O)(=O)c1ccc(-c2cccc(C(F)(F)F)c2)cc1)Cc1ccccc1. The number of sulfonamides is 1. The lowest BCUT2D eigenvalue weighted by molar-refractivity contribution is -0.148. The fourth-order valence-electron chi connectivity index (χ4n) is 5.40. The molecule has 0 bridgehead atoms. The van der Waals surface area contributed by atoms with Crippen LogP contribution < -0.4 is 9.62 Å². The number of halogens is 3. The molecule has 0 aromatic heterocycles. The van der Waals surface area contributed by atoms with Crippen LogP contribution in [0.1, 0.15) is 23.6 Å². The smallest absolute Gasteiger partial charge is 0.416 e. The van der Waals surface area contributed by atoms with E-state index in [1.807, 2.05) is 30.3 Å². The molecule has 1 aliphatic heterocycles. The molecular weight excluding hydrogens is 605 g/mol. The van der Waals surface area contributed by atoms with Gasteiger partial charge in [0.25, 0.3) is 10.0 Å². The fraction of sp³-hybridized carbons (Fsp3) is 0.235. The van der Waals surface area contributed by atoms with E-state index in [9.17, 15) is 31.2 Å². The Labute approximate surface area is 259 Å². The van der Waals surface area contributed by atoms with Crippen molar-refractivity contribution in [3.05, 3.63) is 120 Å². The molecule has 0 saturated heterocycles. The first-order valence-corrected chi connectivity index (χ1v) is 15.8. The molecule has 5 rings (SSSR count). The molecule has 0 aliphatic carbocycles. The van der Waals surface area contributed by atoms with Crippen LogP contribution in [0.4, 0.5) is 18.9 Å². The number of benzene rings is 4. The summed E-state index contributed by atoms with van der Waals surface area (Å²) in [7, 11) is -4.29. The number of ether oxygens (including phenoxy) is 1. The first-order valence-electron chi connectivity index (χ1n) is 14.4. The van der Waals surface area contributed by atoms with E-state index in [0.717, 1.165) is 22.0 Å². The second-order valence-corrected chi connectivity index (χ2v) is 12.5. The predicted molar refractivity (Wildman–Crippen MR) is 164 cm³/mol. The Morgan fingerprint density at radius 1 is 0.911 bits per heavy atom. The van der Waals surface area contributed by atoms with E-state index in [2.05, 4.69) is 5.32 Å². The fourth-order valence-corrected chi connectivity index (χ4v) is 7.05. The highest BCUT2D eigenvalue weighted by Crippen LogP contribution is 2.38. The third-order valence-corrected chi connectivity index (χ3v) is 9.47. The largest absolute Gasteiger partial charge is 0.466 e. The minimum absolute atomic E-state index is 0.0566. The van der Waals surface area contributed by atoms with Gasteiger partial charge in [0.05, 0.1) is 28.7 Å². The van der Waals surface area contributed by atoms with Crippen molar-refractivity contribution in [2.75, 3.05) is 17.5 Å². The molecule has 1 amide bonds. The maximum absolute atomic E-state index is 14.0. The average molecular weight is 637 g/mol. The van der Waals surface area contributed by atoms with Crippen molar-refractivity contribution in [3.63, 3.8) is 0 Å². The second kappa shape index (κ2) is 13.2. The highest BCUT2D eigenvalue weighted by Gasteiger charge is 2.42. The normalized spacial score (nSPS) is 15.3. The first kappa shape index (κ1) is 31.8. The molecule has 0 saturated carbocycles. The number of carbonyl (C=O) groups excluding carboxylic acids is 2. The summed E-state index contributed by atoms with van der Waals surface area (Å²) in [5, 5.41) is 2.78. The van der Waals surface area contributed by atoms with E-state index in [0.29, 0.717) is 23.2 Å². The molecule has 0 radical (unpaired) electrons. The Morgan fingerprint density at radius 2 is 1.60 bits per heavy atom. The average Bonchev–Trinajstić information content (AvgIpc) is 3.44. The molecule has 0 fully saturated rings. The summed E-state index contributed by atoms with van der Waals surface area (Å²) in [6.07, 6.45) is -4.08. The van der Waals surface area contributed by atoms with Gasteiger partial charge in [0.15, 0.2) is 0 Å². The van der Waals surface area contributed by atoms with Gasteiger partial charge in [-0.25, -0.2) is 8.42 Å². The minimum Gasteiger partial charge on any atom is -0.466 e. The van der Waals surface area contributed by atoms with Crippen LogP contribution in [0.2, 0.25) is 0 Å². The molecule has 1 aliphatic rings. The summed E-state index contributed by atoms with van der Waals surface area (Å²) in [6, 6.07) is 25.2. The lowest BCUT2D eigenvalue weighted by atomic mass is 9.99. The number of esters is 1. The third-order valence-electron chi connectivity index (χ3n) is 7.63. The van der Waals surface area contributed by atoms with Crippen molar-refractivity contribution in [2.24, 2.45) is 5.92 Å². The topological polar surface area (TPSA) is 92.8 Å². The molecule has 7 nitrogen and oxygen atoms in total. The number of amides is 1. The summed E-state index contributed by atoms with van der Waals surface area (Å²) in [6.45, 7) is 1.81. The molecule has 1 N–H and O–H groups in total. The predicted octanol–water partition coefficient (Wildman–Crippen LogP) is 6.03. The summed E-state index contributed by atoms with van der Waals surface area (Å²) in [4.78, 5) is 26.2. The lowest BCUT2D eigenvalue weighted by Gasteiger charge is -2.27. The number of alkyl halides is 3. The minimum atomic E-state index is -4.52. The van der Waals surface area contributed by atoms with Crippen LogP contribution in [-0.2, 0) is 43.4 Å². The number of hydrogen-bond donors (Lipinski definition) is 1. The van der Waals surface area contributed by atoms with E-state index in [1.165, 1.54) is 36.4 Å². The number of nitrogens with one attached hydrogen (secondary N) is 1. The molecule has 45 heavy (non-hydrogen) atoms. The zero-order chi connectivity index (χ0) is 32.2. The van der Waals surface area contributed by atoms with Crippen molar-refractivity contribution >= 4 is 27.6 Å². The molecule has 1 heterocycles. The summed E-state index contributed by atoms with van der Waals surface area (Å²) >= 11 is 0. The van der Waals surface area contributed by atoms with Gasteiger partial charge in [-0.05, 0) is 65.9 Å². The van der Waals surface area contributed by atoms with Crippen LogP contribution in [-0.4, -0.2) is 39.5 Å². The summed E-state index contributed by atoms with van der Waals surface area (Å²) < 4.78 is 74.1. The Morgan fingerprint density at radius 3 is 2.29 bits per heavy atom. The van der Waals surface area contributed by atoms with Crippen molar-refractivity contribution in [2.45, 2.75) is 36.9 Å². The van der Waals surface area contributed by atoms with Gasteiger partial charge in [-0.1, -0.05) is 72.8 Å². The van der Waals surface area contributed by atoms with Gasteiger partial charge in [0, 0.05) is 13.0 Å². The summed E-state index contributed by atoms with van der Waals surface area (Å²) in [5.74, 6) is -1.73. The monoisotopic (exact) mass is 636 g/mol. The lowest BCUT2D eigenvalue weighted by Crippen LogP contribution is -2.49. The number of fused-ring (bicyclic) bond motifs is 1. The Hall–Kier alpha value is -4.64. The molecular formula is C34H31F3N2O5S. The van der Waals surface area contributed by atoms with E-state index < -0.39 is 45.6 Å². The van der Waals surface area contributed by atoms with Crippen LogP contribution in [0.15, 0.2) is 108 Å². The van der Waals surface area contributed by atoms with Gasteiger partial charge < -0.3 is 10.1 Å². The Bertz CT molecular complexity index is 1780. The maximum Gasteiger partial charge on any atom is 0.416 e. The highest BCUT2D eigenvalue weighted by molar-refractivity contribution is 7.93. The number of hydrogen-bond acceptors (Lipinski definition) is 5. The number of nitrogens with zero attached hydrogens (tertiary/aromatic N) is 1. The number of anilines is 1. The molecule has 4 aromatic rings. The molecule has 1 unspecified atom stereocenters. The van der Waals surface area contributed by atoms with E-state index in [-0.39, 0.29) is 30.0 Å². The molecule has 11 heteroatoms. The molecule has 4 aromatic carbocycles. The number of carbonyl (C=O) groups is 2. The van der Waals surface area contributed by atoms with Gasteiger partial charge in [-0.15, -0.1) is 0 Å². The van der Waals surface area contributed by atoms with Gasteiger partial charge in [0.1, 0.15) is 6.04 Å². The van der Waals surface area contributed by atoms with Gasteiger partial charge in [0.2, 0.25) is 5.91 Å². The Balaban J connectivity index is 1.39. The Kier molecular flexibility index (Phi) is 9.29. The van der Waals surface area contributed by atoms with Gasteiger partial charge in [-0.3, -0.25) is 13.9 Å². The zero-order valence-corrected chi connectivity index (χ0v) is 25.1. The van der Waals surface area contributed by atoms with Crippen molar-refractivity contribution in [1.82, 2.24) is 5.32 Å². The van der Waals surface area contributed by atoms with Gasteiger partial charge in [-0.2, -0.15) is 13.2 Å². The molecule has 234 valence electrons. The third kappa shape index (κ3) is 7.04. The van der Waals surface area contributed by atoms with Crippen LogP contribution in [0.5, 0.6) is 0 Å². The highest BCUT2D eigenvalue weighted by atomic mass is 32.2. The van der Waals surface area contributed by atoms with E-state index in [1.54, 1.807) is 31.2 Å². The quantitative estimate of drug-likeness (QED) is 0.215. The van der Waals surface area contributed by atoms with Crippen molar-refractivity contribution in [1.29, 1.82) is 0 Å².